The summed E-state index contributed by atoms with van der Waals surface area (Å²) in [5.41, 5.74) is 3.74. The molecular weight excluding hydrogens is 344 g/mol. The van der Waals surface area contributed by atoms with Gasteiger partial charge in [-0.3, -0.25) is 4.98 Å². The Morgan fingerprint density at radius 3 is 2.48 bits per heavy atom. The summed E-state index contributed by atoms with van der Waals surface area (Å²) in [6, 6.07) is 16.6. The van der Waals surface area contributed by atoms with Crippen molar-refractivity contribution in [2.45, 2.75) is 0 Å². The zero-order chi connectivity index (χ0) is 19.0. The van der Waals surface area contributed by atoms with Crippen LogP contribution in [-0.2, 0) is 0 Å². The molecule has 0 radical (unpaired) electrons. The van der Waals surface area contributed by atoms with Gasteiger partial charge in [0.1, 0.15) is 23.1 Å². The topological polar surface area (TPSA) is 107 Å². The lowest BCUT2D eigenvalue weighted by Crippen LogP contribution is -1.94. The molecule has 0 bridgehead atoms. The van der Waals surface area contributed by atoms with E-state index in [-0.39, 0.29) is 16.9 Å². The van der Waals surface area contributed by atoms with Crippen LogP contribution in [0.25, 0.3) is 33.6 Å². The van der Waals surface area contributed by atoms with E-state index in [1.165, 1.54) is 18.2 Å². The van der Waals surface area contributed by atoms with E-state index >= 15 is 0 Å². The van der Waals surface area contributed by atoms with Gasteiger partial charge in [0.2, 0.25) is 0 Å². The minimum absolute atomic E-state index is 0.0785. The summed E-state index contributed by atoms with van der Waals surface area (Å²) < 4.78 is 5.99. The number of furan rings is 1. The van der Waals surface area contributed by atoms with Crippen LogP contribution in [-0.4, -0.2) is 21.2 Å². The molecule has 0 aliphatic carbocycles. The highest BCUT2D eigenvalue weighted by atomic mass is 16.4. The standard InChI is InChI=1S/C21H12N2O4/c22-11-15-9-14(5-6-18(15)24)16-7-8-23-17-10-19(27-20(16)17)12-1-3-13(4-2-12)21(25)26/h1-10,24H,(H,25,26). The van der Waals surface area contributed by atoms with Crippen molar-refractivity contribution in [2.75, 3.05) is 0 Å². The fraction of sp³-hybridized carbons (Fsp3) is 0. The lowest BCUT2D eigenvalue weighted by Gasteiger charge is -2.04. The van der Waals surface area contributed by atoms with Gasteiger partial charge in [-0.1, -0.05) is 18.2 Å². The van der Waals surface area contributed by atoms with Gasteiger partial charge in [0.05, 0.1) is 11.1 Å². The number of phenols is 1. The summed E-state index contributed by atoms with van der Waals surface area (Å²) in [7, 11) is 0. The first-order chi connectivity index (χ1) is 13.1. The van der Waals surface area contributed by atoms with Gasteiger partial charge >= 0.3 is 5.97 Å². The molecule has 0 spiro atoms. The third-order valence-electron chi connectivity index (χ3n) is 4.26. The number of carboxylic acid groups (broad SMARTS) is 1. The third-order valence-corrected chi connectivity index (χ3v) is 4.26. The SMILES string of the molecule is N#Cc1cc(-c2ccnc3cc(-c4ccc(C(=O)O)cc4)oc23)ccc1O. The summed E-state index contributed by atoms with van der Waals surface area (Å²) in [6.07, 6.45) is 1.64. The van der Waals surface area contributed by atoms with Crippen molar-refractivity contribution in [3.8, 4) is 34.3 Å². The number of nitrogens with zero attached hydrogens (tertiary/aromatic N) is 2. The van der Waals surface area contributed by atoms with E-state index in [0.717, 1.165) is 16.7 Å². The van der Waals surface area contributed by atoms with Gasteiger partial charge in [-0.2, -0.15) is 5.26 Å². The van der Waals surface area contributed by atoms with Crippen molar-refractivity contribution < 1.29 is 19.4 Å². The Balaban J connectivity index is 1.83. The second kappa shape index (κ2) is 6.32. The number of pyridine rings is 1. The summed E-state index contributed by atoms with van der Waals surface area (Å²) in [4.78, 5) is 15.3. The fourth-order valence-electron chi connectivity index (χ4n) is 2.88. The number of nitriles is 1. The quantitative estimate of drug-likeness (QED) is 0.562. The molecule has 2 aromatic carbocycles. The monoisotopic (exact) mass is 356 g/mol. The summed E-state index contributed by atoms with van der Waals surface area (Å²) >= 11 is 0. The van der Waals surface area contributed by atoms with E-state index in [0.29, 0.717) is 16.9 Å². The molecule has 4 rings (SSSR count). The van der Waals surface area contributed by atoms with Gasteiger partial charge < -0.3 is 14.6 Å². The molecule has 0 saturated carbocycles. The minimum Gasteiger partial charge on any atom is -0.507 e. The van der Waals surface area contributed by atoms with E-state index in [9.17, 15) is 9.90 Å². The maximum atomic E-state index is 11.0. The molecule has 0 saturated heterocycles. The van der Waals surface area contributed by atoms with Crippen molar-refractivity contribution in [1.82, 2.24) is 4.98 Å². The van der Waals surface area contributed by atoms with Crippen molar-refractivity contribution in [3.05, 3.63) is 71.9 Å². The number of rotatable bonds is 3. The van der Waals surface area contributed by atoms with Crippen LogP contribution in [0.1, 0.15) is 15.9 Å². The lowest BCUT2D eigenvalue weighted by atomic mass is 10.0. The maximum absolute atomic E-state index is 11.0. The number of fused-ring (bicyclic) bond motifs is 1. The second-order valence-corrected chi connectivity index (χ2v) is 5.91. The predicted octanol–water partition coefficient (Wildman–Crippen LogP) is 4.44. The predicted molar refractivity (Wildman–Crippen MR) is 98.2 cm³/mol. The van der Waals surface area contributed by atoms with Gasteiger partial charge in [0.25, 0.3) is 0 Å². The number of hydrogen-bond acceptors (Lipinski definition) is 5. The van der Waals surface area contributed by atoms with Crippen molar-refractivity contribution >= 4 is 17.1 Å². The Morgan fingerprint density at radius 2 is 1.78 bits per heavy atom. The molecule has 2 heterocycles. The Bertz CT molecular complexity index is 1220. The van der Waals surface area contributed by atoms with Crippen LogP contribution in [0.5, 0.6) is 5.75 Å². The number of aromatic hydroxyl groups is 1. The molecule has 2 N–H and O–H groups in total. The Hall–Kier alpha value is -4.11. The molecule has 4 aromatic rings. The summed E-state index contributed by atoms with van der Waals surface area (Å²) in [5.74, 6) is -0.512. The van der Waals surface area contributed by atoms with E-state index in [4.69, 9.17) is 14.8 Å². The Morgan fingerprint density at radius 1 is 1.04 bits per heavy atom. The molecule has 0 aliphatic rings. The van der Waals surface area contributed by atoms with E-state index in [1.54, 1.807) is 42.6 Å². The van der Waals surface area contributed by atoms with Gasteiger partial charge in [0, 0.05) is 23.4 Å². The van der Waals surface area contributed by atoms with Crippen molar-refractivity contribution in [2.24, 2.45) is 0 Å². The average molecular weight is 356 g/mol. The zero-order valence-corrected chi connectivity index (χ0v) is 13.9. The number of benzene rings is 2. The van der Waals surface area contributed by atoms with Crippen molar-refractivity contribution in [3.63, 3.8) is 0 Å². The molecule has 27 heavy (non-hydrogen) atoms. The molecule has 0 amide bonds. The number of phenolic OH excluding ortho intramolecular Hbond substituents is 1. The molecule has 0 atom stereocenters. The van der Waals surface area contributed by atoms with Crippen LogP contribution < -0.4 is 0 Å². The molecule has 6 nitrogen and oxygen atoms in total. The van der Waals surface area contributed by atoms with Gasteiger partial charge in [-0.05, 0) is 35.9 Å². The average Bonchev–Trinajstić information content (AvgIpc) is 3.13. The number of aromatic carboxylic acids is 1. The van der Waals surface area contributed by atoms with Crippen molar-refractivity contribution in [1.29, 1.82) is 5.26 Å². The third kappa shape index (κ3) is 2.87. The smallest absolute Gasteiger partial charge is 0.335 e. The normalized spacial score (nSPS) is 10.6. The molecule has 130 valence electrons. The first-order valence-electron chi connectivity index (χ1n) is 8.02. The Labute approximate surface area is 153 Å². The molecule has 0 unspecified atom stereocenters. The molecule has 0 fully saturated rings. The molecule has 6 heteroatoms. The van der Waals surface area contributed by atoms with Crippen LogP contribution in [0.3, 0.4) is 0 Å². The first kappa shape index (κ1) is 16.4. The molecule has 0 aliphatic heterocycles. The van der Waals surface area contributed by atoms with Gasteiger partial charge in [-0.15, -0.1) is 0 Å². The van der Waals surface area contributed by atoms with Crippen LogP contribution >= 0.6 is 0 Å². The van der Waals surface area contributed by atoms with Crippen LogP contribution in [0.2, 0.25) is 0 Å². The zero-order valence-electron chi connectivity index (χ0n) is 13.9. The largest absolute Gasteiger partial charge is 0.507 e. The lowest BCUT2D eigenvalue weighted by molar-refractivity contribution is 0.0697. The molecule has 2 aromatic heterocycles. The van der Waals surface area contributed by atoms with Gasteiger partial charge in [-0.25, -0.2) is 4.79 Å². The summed E-state index contributed by atoms with van der Waals surface area (Å²) in [6.45, 7) is 0. The van der Waals surface area contributed by atoms with Crippen LogP contribution in [0, 0.1) is 11.3 Å². The highest BCUT2D eigenvalue weighted by Crippen LogP contribution is 2.35. The highest BCUT2D eigenvalue weighted by molar-refractivity contribution is 5.93. The highest BCUT2D eigenvalue weighted by Gasteiger charge is 2.14. The maximum Gasteiger partial charge on any atom is 0.335 e. The fourth-order valence-corrected chi connectivity index (χ4v) is 2.88. The van der Waals surface area contributed by atoms with E-state index in [1.807, 2.05) is 6.07 Å². The number of aromatic nitrogens is 1. The summed E-state index contributed by atoms with van der Waals surface area (Å²) in [5, 5.41) is 27.9. The second-order valence-electron chi connectivity index (χ2n) is 5.91. The van der Waals surface area contributed by atoms with Crippen LogP contribution in [0.4, 0.5) is 0 Å². The van der Waals surface area contributed by atoms with Gasteiger partial charge in [0.15, 0.2) is 5.58 Å². The van der Waals surface area contributed by atoms with E-state index in [2.05, 4.69) is 4.98 Å². The number of carboxylic acids is 1. The van der Waals surface area contributed by atoms with Crippen LogP contribution in [0.15, 0.2) is 65.2 Å². The van der Waals surface area contributed by atoms with E-state index < -0.39 is 5.97 Å². The minimum atomic E-state index is -0.990. The molecular formula is C21H12N2O4. The number of carbonyl (C=O) groups is 1. The number of hydrogen-bond donors (Lipinski definition) is 2. The first-order valence-corrected chi connectivity index (χ1v) is 8.02. The Kier molecular flexibility index (Phi) is 3.83.